The first-order valence-electron chi connectivity index (χ1n) is 7.32. The van der Waals surface area contributed by atoms with Gasteiger partial charge in [0.25, 0.3) is 0 Å². The fourth-order valence-corrected chi connectivity index (χ4v) is 4.42. The van der Waals surface area contributed by atoms with Gasteiger partial charge in [-0.25, -0.2) is 17.6 Å². The van der Waals surface area contributed by atoms with Gasteiger partial charge in [0.15, 0.2) is 21.4 Å². The number of sulfone groups is 1. The molecule has 1 saturated heterocycles. The molecule has 2 rings (SSSR count). The molecule has 1 atom stereocenters. The summed E-state index contributed by atoms with van der Waals surface area (Å²) in [5, 5.41) is 2.72. The van der Waals surface area contributed by atoms with Crippen molar-refractivity contribution in [1.82, 2.24) is 10.2 Å². The zero-order valence-corrected chi connectivity index (χ0v) is 14.0. The second-order valence-corrected chi connectivity index (χ2v) is 8.01. The third-order valence-corrected chi connectivity index (χ3v) is 5.69. The molecule has 1 aromatic rings. The maximum absolute atomic E-state index is 13.6. The zero-order valence-electron chi connectivity index (χ0n) is 13.2. The molecule has 0 aromatic heterocycles. The monoisotopic (exact) mass is 344 g/mol. The Bertz CT molecular complexity index is 678. The largest absolute Gasteiger partial charge is 0.494 e. The van der Waals surface area contributed by atoms with Gasteiger partial charge in [0.05, 0.1) is 18.6 Å². The molecule has 0 radical (unpaired) electrons. The number of urea groups is 1. The summed E-state index contributed by atoms with van der Waals surface area (Å²) in [5.74, 6) is -0.0381. The summed E-state index contributed by atoms with van der Waals surface area (Å²) in [7, 11) is 0.0478. The van der Waals surface area contributed by atoms with E-state index in [-0.39, 0.29) is 35.7 Å². The van der Waals surface area contributed by atoms with Crippen molar-refractivity contribution in [3.63, 3.8) is 0 Å². The molecule has 1 aliphatic rings. The van der Waals surface area contributed by atoms with E-state index in [4.69, 9.17) is 4.74 Å². The second kappa shape index (κ2) is 7.16. The Kier molecular flexibility index (Phi) is 5.46. The Labute approximate surface area is 135 Å². The van der Waals surface area contributed by atoms with Crippen LogP contribution in [0.15, 0.2) is 18.2 Å². The van der Waals surface area contributed by atoms with Gasteiger partial charge in [-0.05, 0) is 30.0 Å². The van der Waals surface area contributed by atoms with Crippen LogP contribution in [0.1, 0.15) is 12.0 Å². The van der Waals surface area contributed by atoms with Crippen molar-refractivity contribution in [2.24, 2.45) is 5.92 Å². The number of carbonyl (C=O) groups is 1. The van der Waals surface area contributed by atoms with Gasteiger partial charge in [-0.15, -0.1) is 0 Å². The maximum Gasteiger partial charge on any atom is 0.317 e. The normalized spacial score (nSPS) is 19.3. The highest BCUT2D eigenvalue weighted by molar-refractivity contribution is 7.91. The molecule has 1 unspecified atom stereocenters. The molecular weight excluding hydrogens is 323 g/mol. The van der Waals surface area contributed by atoms with E-state index < -0.39 is 15.7 Å². The standard InChI is InChI=1S/C15H21FN2O4S/c1-18(9-11-3-4-14(22-2)13(16)7-11)15(19)17-8-12-5-6-23(20,21)10-12/h3-4,7,12H,5-6,8-10H2,1-2H3,(H,17,19). The van der Waals surface area contributed by atoms with E-state index >= 15 is 0 Å². The summed E-state index contributed by atoms with van der Waals surface area (Å²) >= 11 is 0. The van der Waals surface area contributed by atoms with E-state index in [1.165, 1.54) is 24.1 Å². The molecule has 1 N–H and O–H groups in total. The summed E-state index contributed by atoms with van der Waals surface area (Å²) in [6, 6.07) is 4.21. The molecule has 0 saturated carbocycles. The van der Waals surface area contributed by atoms with Crippen molar-refractivity contribution in [3.05, 3.63) is 29.6 Å². The molecule has 128 valence electrons. The SMILES string of the molecule is COc1ccc(CN(C)C(=O)NCC2CCS(=O)(=O)C2)cc1F. The highest BCUT2D eigenvalue weighted by atomic mass is 32.2. The number of ether oxygens (including phenoxy) is 1. The average Bonchev–Trinajstić information content (AvgIpc) is 2.84. The van der Waals surface area contributed by atoms with Crippen LogP contribution in [-0.4, -0.2) is 51.6 Å². The van der Waals surface area contributed by atoms with Crippen molar-refractivity contribution < 1.29 is 22.3 Å². The highest BCUT2D eigenvalue weighted by Gasteiger charge is 2.28. The smallest absolute Gasteiger partial charge is 0.317 e. The van der Waals surface area contributed by atoms with E-state index in [2.05, 4.69) is 5.32 Å². The third-order valence-electron chi connectivity index (χ3n) is 3.85. The van der Waals surface area contributed by atoms with E-state index in [1.54, 1.807) is 13.1 Å². The van der Waals surface area contributed by atoms with Crippen molar-refractivity contribution in [3.8, 4) is 5.75 Å². The molecular formula is C15H21FN2O4S. The number of hydrogen-bond acceptors (Lipinski definition) is 4. The zero-order chi connectivity index (χ0) is 17.0. The Morgan fingerprint density at radius 1 is 1.48 bits per heavy atom. The number of nitrogens with one attached hydrogen (secondary N) is 1. The van der Waals surface area contributed by atoms with Gasteiger partial charge in [0.1, 0.15) is 0 Å². The van der Waals surface area contributed by atoms with Gasteiger partial charge in [0.2, 0.25) is 0 Å². The van der Waals surface area contributed by atoms with Gasteiger partial charge >= 0.3 is 6.03 Å². The molecule has 0 spiro atoms. The van der Waals surface area contributed by atoms with E-state index in [0.29, 0.717) is 18.5 Å². The minimum Gasteiger partial charge on any atom is -0.494 e. The first kappa shape index (κ1) is 17.5. The molecule has 1 fully saturated rings. The number of hydrogen-bond donors (Lipinski definition) is 1. The molecule has 23 heavy (non-hydrogen) atoms. The van der Waals surface area contributed by atoms with Crippen molar-refractivity contribution >= 4 is 15.9 Å². The van der Waals surface area contributed by atoms with E-state index in [9.17, 15) is 17.6 Å². The summed E-state index contributed by atoms with van der Waals surface area (Å²) < 4.78 is 41.2. The summed E-state index contributed by atoms with van der Waals surface area (Å²) in [6.07, 6.45) is 0.579. The number of benzene rings is 1. The van der Waals surface area contributed by atoms with Crippen LogP contribution in [0.2, 0.25) is 0 Å². The number of halogens is 1. The predicted octanol–water partition coefficient (Wildman–Crippen LogP) is 1.41. The van der Waals surface area contributed by atoms with E-state index in [0.717, 1.165) is 0 Å². The maximum atomic E-state index is 13.6. The van der Waals surface area contributed by atoms with Crippen LogP contribution in [0.4, 0.5) is 9.18 Å². The molecule has 2 amide bonds. The van der Waals surface area contributed by atoms with Crippen LogP contribution in [0.5, 0.6) is 5.75 Å². The first-order valence-corrected chi connectivity index (χ1v) is 9.14. The number of methoxy groups -OCH3 is 1. The fraction of sp³-hybridized carbons (Fsp3) is 0.533. The Morgan fingerprint density at radius 3 is 2.78 bits per heavy atom. The lowest BCUT2D eigenvalue weighted by atomic mass is 10.1. The predicted molar refractivity (Wildman–Crippen MR) is 84.6 cm³/mol. The van der Waals surface area contributed by atoms with Crippen LogP contribution in [0.3, 0.4) is 0 Å². The Hall–Kier alpha value is -1.83. The van der Waals surface area contributed by atoms with Gasteiger partial charge in [0, 0.05) is 20.1 Å². The van der Waals surface area contributed by atoms with Crippen LogP contribution >= 0.6 is 0 Å². The molecule has 8 heteroatoms. The van der Waals surface area contributed by atoms with Crippen molar-refractivity contribution in [2.75, 3.05) is 32.2 Å². The van der Waals surface area contributed by atoms with Crippen molar-refractivity contribution in [1.29, 1.82) is 0 Å². The molecule has 1 aromatic carbocycles. The summed E-state index contributed by atoms with van der Waals surface area (Å²) in [6.45, 7) is 0.578. The minimum absolute atomic E-state index is 0.0317. The first-order chi connectivity index (χ1) is 10.8. The Balaban J connectivity index is 1.84. The minimum atomic E-state index is -2.94. The number of rotatable bonds is 5. The van der Waals surface area contributed by atoms with Crippen molar-refractivity contribution in [2.45, 2.75) is 13.0 Å². The highest BCUT2D eigenvalue weighted by Crippen LogP contribution is 2.19. The molecule has 0 bridgehead atoms. The summed E-state index contributed by atoms with van der Waals surface area (Å²) in [4.78, 5) is 13.4. The van der Waals surface area contributed by atoms with Gasteiger partial charge in [-0.2, -0.15) is 0 Å². The topological polar surface area (TPSA) is 75.7 Å². The molecule has 1 heterocycles. The van der Waals surface area contributed by atoms with Gasteiger partial charge in [-0.3, -0.25) is 0 Å². The Morgan fingerprint density at radius 2 is 2.22 bits per heavy atom. The van der Waals surface area contributed by atoms with E-state index in [1.807, 2.05) is 0 Å². The quantitative estimate of drug-likeness (QED) is 0.876. The second-order valence-electron chi connectivity index (χ2n) is 5.78. The van der Waals surface area contributed by atoms with Crippen LogP contribution < -0.4 is 10.1 Å². The fourth-order valence-electron chi connectivity index (χ4n) is 2.55. The van der Waals surface area contributed by atoms with Gasteiger partial charge < -0.3 is 15.0 Å². The van der Waals surface area contributed by atoms with Crippen LogP contribution in [0.25, 0.3) is 0 Å². The average molecular weight is 344 g/mol. The number of nitrogens with zero attached hydrogens (tertiary/aromatic N) is 1. The lowest BCUT2D eigenvalue weighted by molar-refractivity contribution is 0.205. The molecule has 0 aliphatic carbocycles. The number of carbonyl (C=O) groups excluding carboxylic acids is 1. The lowest BCUT2D eigenvalue weighted by Crippen LogP contribution is -2.39. The third kappa shape index (κ3) is 4.82. The lowest BCUT2D eigenvalue weighted by Gasteiger charge is -2.19. The number of amides is 2. The molecule has 1 aliphatic heterocycles. The van der Waals surface area contributed by atoms with Crippen LogP contribution in [-0.2, 0) is 16.4 Å². The van der Waals surface area contributed by atoms with Gasteiger partial charge in [-0.1, -0.05) is 6.07 Å². The van der Waals surface area contributed by atoms with Crippen LogP contribution in [0, 0.1) is 11.7 Å². The summed E-state index contributed by atoms with van der Waals surface area (Å²) in [5.41, 5.74) is 0.643. The molecule has 6 nitrogen and oxygen atoms in total.